The Bertz CT molecular complexity index is 724. The summed E-state index contributed by atoms with van der Waals surface area (Å²) in [6.45, 7) is 4.76. The molecule has 2 amide bonds. The van der Waals surface area contributed by atoms with Crippen molar-refractivity contribution in [3.05, 3.63) is 64.9 Å². The van der Waals surface area contributed by atoms with Gasteiger partial charge < -0.3 is 10.2 Å². The van der Waals surface area contributed by atoms with Crippen LogP contribution in [0.5, 0.6) is 0 Å². The molecule has 2 aromatic rings. The summed E-state index contributed by atoms with van der Waals surface area (Å²) < 4.78 is 0. The predicted octanol–water partition coefficient (Wildman–Crippen LogP) is 3.39. The number of nitrogens with one attached hydrogen (secondary N) is 1. The van der Waals surface area contributed by atoms with E-state index in [9.17, 15) is 9.59 Å². The van der Waals surface area contributed by atoms with Crippen LogP contribution in [0.2, 0.25) is 0 Å². The third-order valence-electron chi connectivity index (χ3n) is 3.89. The van der Waals surface area contributed by atoms with Gasteiger partial charge in [-0.3, -0.25) is 9.59 Å². The largest absolute Gasteiger partial charge is 0.333 e. The monoisotopic (exact) mass is 326 g/mol. The normalized spacial score (nSPS) is 16.3. The third kappa shape index (κ3) is 3.35. The van der Waals surface area contributed by atoms with E-state index in [1.165, 1.54) is 0 Å². The molecule has 1 unspecified atom stereocenters. The zero-order chi connectivity index (χ0) is 16.2. The van der Waals surface area contributed by atoms with Crippen molar-refractivity contribution >= 4 is 28.8 Å². The molecule has 0 fully saturated rings. The number of para-hydroxylation sites is 1. The lowest BCUT2D eigenvalue weighted by atomic mass is 9.89. The van der Waals surface area contributed by atoms with Gasteiger partial charge in [0.05, 0.1) is 12.5 Å². The summed E-state index contributed by atoms with van der Waals surface area (Å²) in [5.74, 6) is -0.572. The molecule has 0 radical (unpaired) electrons. The zero-order valence-electron chi connectivity index (χ0n) is 12.7. The van der Waals surface area contributed by atoms with Crippen LogP contribution in [0.4, 0.5) is 5.69 Å². The first-order valence-electron chi connectivity index (χ1n) is 7.50. The van der Waals surface area contributed by atoms with E-state index < -0.39 is 5.92 Å². The molecule has 1 aliphatic rings. The molecule has 0 aliphatic carbocycles. The SMILES string of the molecule is C=CCN(Cc1cccs1)C(=O)C1CC(=O)Nc2ccccc21. The van der Waals surface area contributed by atoms with E-state index in [4.69, 9.17) is 0 Å². The minimum absolute atomic E-state index is 0.0272. The average molecular weight is 326 g/mol. The van der Waals surface area contributed by atoms with Crippen molar-refractivity contribution in [2.45, 2.75) is 18.9 Å². The van der Waals surface area contributed by atoms with Gasteiger partial charge in [0, 0.05) is 23.5 Å². The summed E-state index contributed by atoms with van der Waals surface area (Å²) in [5, 5.41) is 4.83. The lowest BCUT2D eigenvalue weighted by Gasteiger charge is -2.30. The summed E-state index contributed by atoms with van der Waals surface area (Å²) in [7, 11) is 0. The standard InChI is InChI=1S/C18H18N2O2S/c1-2-9-20(12-13-6-5-10-23-13)18(22)15-11-17(21)19-16-8-4-3-7-14(15)16/h2-8,10,15H,1,9,11-12H2,(H,19,21). The Morgan fingerprint density at radius 1 is 1.35 bits per heavy atom. The number of fused-ring (bicyclic) bond motifs is 1. The van der Waals surface area contributed by atoms with E-state index in [2.05, 4.69) is 11.9 Å². The Balaban J connectivity index is 1.87. The second-order valence-electron chi connectivity index (χ2n) is 5.48. The topological polar surface area (TPSA) is 49.4 Å². The minimum atomic E-state index is -0.431. The lowest BCUT2D eigenvalue weighted by Crippen LogP contribution is -2.38. The molecule has 0 saturated heterocycles. The maximum atomic E-state index is 13.0. The second kappa shape index (κ2) is 6.79. The molecule has 0 spiro atoms. The first-order chi connectivity index (χ1) is 11.2. The van der Waals surface area contributed by atoms with Crippen LogP contribution in [0, 0.1) is 0 Å². The van der Waals surface area contributed by atoms with Gasteiger partial charge in [-0.2, -0.15) is 0 Å². The Labute approximate surface area is 139 Å². The van der Waals surface area contributed by atoms with Crippen LogP contribution in [0.1, 0.15) is 22.8 Å². The Hall–Kier alpha value is -2.40. The highest BCUT2D eigenvalue weighted by atomic mass is 32.1. The van der Waals surface area contributed by atoms with Crippen LogP contribution < -0.4 is 5.32 Å². The van der Waals surface area contributed by atoms with E-state index in [1.807, 2.05) is 41.8 Å². The van der Waals surface area contributed by atoms with Crippen molar-refractivity contribution in [2.24, 2.45) is 0 Å². The number of hydrogen-bond donors (Lipinski definition) is 1. The number of anilines is 1. The second-order valence-corrected chi connectivity index (χ2v) is 6.51. The lowest BCUT2D eigenvalue weighted by molar-refractivity contribution is -0.135. The highest BCUT2D eigenvalue weighted by Gasteiger charge is 2.33. The molecule has 118 valence electrons. The Morgan fingerprint density at radius 3 is 2.91 bits per heavy atom. The van der Waals surface area contributed by atoms with Gasteiger partial charge >= 0.3 is 0 Å². The van der Waals surface area contributed by atoms with Crippen LogP contribution in [0.25, 0.3) is 0 Å². The molecule has 1 aliphatic heterocycles. The summed E-state index contributed by atoms with van der Waals surface area (Å²) >= 11 is 1.62. The fourth-order valence-electron chi connectivity index (χ4n) is 2.83. The minimum Gasteiger partial charge on any atom is -0.333 e. The van der Waals surface area contributed by atoms with Crippen LogP contribution in [0.15, 0.2) is 54.4 Å². The van der Waals surface area contributed by atoms with Gasteiger partial charge in [-0.05, 0) is 23.1 Å². The van der Waals surface area contributed by atoms with Gasteiger partial charge in [0.1, 0.15) is 0 Å². The highest BCUT2D eigenvalue weighted by molar-refractivity contribution is 7.09. The molecule has 1 atom stereocenters. The first kappa shape index (κ1) is 15.5. The molecule has 0 saturated carbocycles. The average Bonchev–Trinajstić information content (AvgIpc) is 3.06. The number of nitrogens with zero attached hydrogens (tertiary/aromatic N) is 1. The summed E-state index contributed by atoms with van der Waals surface area (Å²) in [6, 6.07) is 11.5. The molecular formula is C18H18N2O2S. The van der Waals surface area contributed by atoms with Crippen molar-refractivity contribution in [3.8, 4) is 0 Å². The number of amides is 2. The quantitative estimate of drug-likeness (QED) is 0.856. The molecule has 0 bridgehead atoms. The van der Waals surface area contributed by atoms with Crippen LogP contribution in [-0.4, -0.2) is 23.3 Å². The molecule has 2 heterocycles. The maximum Gasteiger partial charge on any atom is 0.231 e. The summed E-state index contributed by atoms with van der Waals surface area (Å²) in [6.07, 6.45) is 1.91. The van der Waals surface area contributed by atoms with E-state index in [1.54, 1.807) is 22.3 Å². The number of benzene rings is 1. The van der Waals surface area contributed by atoms with E-state index in [0.717, 1.165) is 16.1 Å². The predicted molar refractivity (Wildman–Crippen MR) is 92.4 cm³/mol. The number of rotatable bonds is 5. The fraction of sp³-hybridized carbons (Fsp3) is 0.222. The molecular weight excluding hydrogens is 308 g/mol. The van der Waals surface area contributed by atoms with E-state index in [0.29, 0.717) is 13.1 Å². The van der Waals surface area contributed by atoms with E-state index in [-0.39, 0.29) is 18.2 Å². The van der Waals surface area contributed by atoms with Crippen LogP contribution in [0.3, 0.4) is 0 Å². The van der Waals surface area contributed by atoms with Crippen molar-refractivity contribution in [3.63, 3.8) is 0 Å². The van der Waals surface area contributed by atoms with Gasteiger partial charge in [0.15, 0.2) is 0 Å². The van der Waals surface area contributed by atoms with Gasteiger partial charge in [0.25, 0.3) is 0 Å². The first-order valence-corrected chi connectivity index (χ1v) is 8.38. The van der Waals surface area contributed by atoms with Gasteiger partial charge in [-0.1, -0.05) is 30.3 Å². The molecule has 5 heteroatoms. The molecule has 1 aromatic heterocycles. The molecule has 3 rings (SSSR count). The van der Waals surface area contributed by atoms with Gasteiger partial charge in [0.2, 0.25) is 11.8 Å². The highest BCUT2D eigenvalue weighted by Crippen LogP contribution is 2.33. The van der Waals surface area contributed by atoms with Gasteiger partial charge in [-0.25, -0.2) is 0 Å². The van der Waals surface area contributed by atoms with Crippen molar-refractivity contribution in [1.82, 2.24) is 4.90 Å². The van der Waals surface area contributed by atoms with E-state index >= 15 is 0 Å². The maximum absolute atomic E-state index is 13.0. The van der Waals surface area contributed by atoms with Crippen molar-refractivity contribution in [2.75, 3.05) is 11.9 Å². The molecule has 23 heavy (non-hydrogen) atoms. The van der Waals surface area contributed by atoms with Crippen molar-refractivity contribution in [1.29, 1.82) is 0 Å². The number of carbonyl (C=O) groups excluding carboxylic acids is 2. The smallest absolute Gasteiger partial charge is 0.231 e. The fourth-order valence-corrected chi connectivity index (χ4v) is 3.55. The number of hydrogen-bond acceptors (Lipinski definition) is 3. The molecule has 1 N–H and O–H groups in total. The van der Waals surface area contributed by atoms with Crippen molar-refractivity contribution < 1.29 is 9.59 Å². The molecule has 1 aromatic carbocycles. The Kier molecular flexibility index (Phi) is 4.57. The summed E-state index contributed by atoms with van der Waals surface area (Å²) in [5.41, 5.74) is 1.62. The number of thiophene rings is 1. The zero-order valence-corrected chi connectivity index (χ0v) is 13.5. The van der Waals surface area contributed by atoms with Crippen LogP contribution >= 0.6 is 11.3 Å². The third-order valence-corrected chi connectivity index (χ3v) is 4.75. The van der Waals surface area contributed by atoms with Gasteiger partial charge in [-0.15, -0.1) is 17.9 Å². The number of carbonyl (C=O) groups is 2. The molecule has 4 nitrogen and oxygen atoms in total. The Morgan fingerprint density at radius 2 is 2.17 bits per heavy atom. The summed E-state index contributed by atoms with van der Waals surface area (Å²) in [4.78, 5) is 27.8. The van der Waals surface area contributed by atoms with Crippen LogP contribution in [-0.2, 0) is 16.1 Å².